The van der Waals surface area contributed by atoms with Crippen molar-refractivity contribution in [2.75, 3.05) is 0 Å². The number of nitrogens with zero attached hydrogens (tertiary/aromatic N) is 2. The van der Waals surface area contributed by atoms with E-state index in [9.17, 15) is 0 Å². The number of aromatic nitrogens is 2. The fourth-order valence-corrected chi connectivity index (χ4v) is 2.63. The zero-order valence-corrected chi connectivity index (χ0v) is 12.6. The molecule has 2 nitrogen and oxygen atoms in total. The van der Waals surface area contributed by atoms with Gasteiger partial charge in [0.2, 0.25) is 0 Å². The Bertz CT molecular complexity index is 526. The van der Waals surface area contributed by atoms with Crippen LogP contribution in [0.25, 0.3) is 0 Å². The summed E-state index contributed by atoms with van der Waals surface area (Å²) in [6.45, 7) is 6.51. The first-order valence-corrected chi connectivity index (χ1v) is 7.56. The highest BCUT2D eigenvalue weighted by molar-refractivity contribution is 7.99. The topological polar surface area (TPSA) is 25.8 Å². The minimum Gasteiger partial charge on any atom is -0.254 e. The molecule has 1 aromatic carbocycles. The van der Waals surface area contributed by atoms with Gasteiger partial charge in [-0.2, -0.15) is 0 Å². The van der Waals surface area contributed by atoms with Crippen molar-refractivity contribution in [2.45, 2.75) is 43.5 Å². The molecule has 0 saturated carbocycles. The van der Waals surface area contributed by atoms with Crippen molar-refractivity contribution in [1.29, 1.82) is 0 Å². The summed E-state index contributed by atoms with van der Waals surface area (Å²) in [7, 11) is 0. The highest BCUT2D eigenvalue weighted by atomic mass is 32.2. The van der Waals surface area contributed by atoms with Gasteiger partial charge in [-0.15, -0.1) is 0 Å². The molecule has 0 saturated heterocycles. The number of hydrogen-bond donors (Lipinski definition) is 0. The Hall–Kier alpha value is -1.35. The Labute approximate surface area is 119 Å². The molecule has 0 N–H and O–H groups in total. The second-order valence-corrected chi connectivity index (χ2v) is 5.95. The van der Waals surface area contributed by atoms with Gasteiger partial charge in [0, 0.05) is 11.1 Å². The SMILES string of the molecule is CCC(C)Cc1cnc(Sc2ccccc2)c(C)n1. The predicted molar refractivity (Wildman–Crippen MR) is 80.5 cm³/mol. The van der Waals surface area contributed by atoms with E-state index in [0.717, 1.165) is 22.8 Å². The largest absolute Gasteiger partial charge is 0.254 e. The monoisotopic (exact) mass is 272 g/mol. The van der Waals surface area contributed by atoms with E-state index in [1.165, 1.54) is 11.3 Å². The quantitative estimate of drug-likeness (QED) is 0.800. The lowest BCUT2D eigenvalue weighted by atomic mass is 10.0. The normalized spacial score (nSPS) is 12.4. The summed E-state index contributed by atoms with van der Waals surface area (Å²) in [5.74, 6) is 0.668. The van der Waals surface area contributed by atoms with E-state index >= 15 is 0 Å². The minimum atomic E-state index is 0.668. The maximum Gasteiger partial charge on any atom is 0.122 e. The first-order chi connectivity index (χ1) is 9.19. The Morgan fingerprint density at radius 3 is 2.58 bits per heavy atom. The Morgan fingerprint density at radius 1 is 1.21 bits per heavy atom. The second-order valence-electron chi connectivity index (χ2n) is 4.88. The molecule has 100 valence electrons. The van der Waals surface area contributed by atoms with Gasteiger partial charge in [-0.05, 0) is 31.4 Å². The first-order valence-electron chi connectivity index (χ1n) is 6.74. The molecule has 3 heteroatoms. The van der Waals surface area contributed by atoms with Crippen LogP contribution in [-0.4, -0.2) is 9.97 Å². The van der Waals surface area contributed by atoms with Crippen LogP contribution in [0.3, 0.4) is 0 Å². The number of rotatable bonds is 5. The van der Waals surface area contributed by atoms with Crippen LogP contribution in [0, 0.1) is 12.8 Å². The number of hydrogen-bond acceptors (Lipinski definition) is 3. The third-order valence-electron chi connectivity index (χ3n) is 3.16. The van der Waals surface area contributed by atoms with Crippen LogP contribution in [-0.2, 0) is 6.42 Å². The number of benzene rings is 1. The molecule has 0 spiro atoms. The summed E-state index contributed by atoms with van der Waals surface area (Å²) in [6.07, 6.45) is 4.12. The summed E-state index contributed by atoms with van der Waals surface area (Å²) in [6, 6.07) is 10.3. The van der Waals surface area contributed by atoms with Crippen molar-refractivity contribution in [3.8, 4) is 0 Å². The van der Waals surface area contributed by atoms with Crippen molar-refractivity contribution in [3.63, 3.8) is 0 Å². The molecule has 1 atom stereocenters. The van der Waals surface area contributed by atoms with Crippen molar-refractivity contribution < 1.29 is 0 Å². The lowest BCUT2D eigenvalue weighted by molar-refractivity contribution is 0.549. The minimum absolute atomic E-state index is 0.668. The summed E-state index contributed by atoms with van der Waals surface area (Å²) < 4.78 is 0. The van der Waals surface area contributed by atoms with Gasteiger partial charge in [0.05, 0.1) is 11.4 Å². The van der Waals surface area contributed by atoms with Crippen LogP contribution >= 0.6 is 11.8 Å². The molecule has 0 aliphatic carbocycles. The zero-order valence-electron chi connectivity index (χ0n) is 11.8. The molecule has 19 heavy (non-hydrogen) atoms. The molecule has 1 aromatic heterocycles. The van der Waals surface area contributed by atoms with Crippen LogP contribution in [0.2, 0.25) is 0 Å². The van der Waals surface area contributed by atoms with E-state index in [4.69, 9.17) is 0 Å². The highest BCUT2D eigenvalue weighted by Crippen LogP contribution is 2.27. The van der Waals surface area contributed by atoms with Crippen LogP contribution in [0.4, 0.5) is 0 Å². The molecule has 0 fully saturated rings. The fraction of sp³-hybridized carbons (Fsp3) is 0.375. The standard InChI is InChI=1S/C16H20N2S/c1-4-12(2)10-14-11-17-16(13(3)18-14)19-15-8-6-5-7-9-15/h5-9,11-12H,4,10H2,1-3H3. The molecule has 0 bridgehead atoms. The van der Waals surface area contributed by atoms with E-state index < -0.39 is 0 Å². The average Bonchev–Trinajstić information content (AvgIpc) is 2.43. The van der Waals surface area contributed by atoms with E-state index in [1.54, 1.807) is 11.8 Å². The summed E-state index contributed by atoms with van der Waals surface area (Å²) in [4.78, 5) is 10.4. The molecule has 0 aliphatic heterocycles. The van der Waals surface area contributed by atoms with E-state index in [0.29, 0.717) is 5.92 Å². The molecule has 1 heterocycles. The maximum absolute atomic E-state index is 4.67. The highest BCUT2D eigenvalue weighted by Gasteiger charge is 2.08. The first kappa shape index (κ1) is 14.1. The summed E-state index contributed by atoms with van der Waals surface area (Å²) >= 11 is 1.67. The molecule has 2 aromatic rings. The molecule has 0 radical (unpaired) electrons. The maximum atomic E-state index is 4.67. The third-order valence-corrected chi connectivity index (χ3v) is 4.27. The van der Waals surface area contributed by atoms with Gasteiger partial charge in [0.15, 0.2) is 0 Å². The molecule has 2 rings (SSSR count). The summed E-state index contributed by atoms with van der Waals surface area (Å²) in [5, 5.41) is 0.999. The Morgan fingerprint density at radius 2 is 1.95 bits per heavy atom. The predicted octanol–water partition coefficient (Wildman–Crippen LogP) is 4.52. The second kappa shape index (κ2) is 6.71. The lowest BCUT2D eigenvalue weighted by Gasteiger charge is -2.09. The van der Waals surface area contributed by atoms with Crippen molar-refractivity contribution >= 4 is 11.8 Å². The molecule has 1 unspecified atom stereocenters. The Kier molecular flexibility index (Phi) is 4.97. The van der Waals surface area contributed by atoms with Crippen LogP contribution < -0.4 is 0 Å². The third kappa shape index (κ3) is 4.06. The van der Waals surface area contributed by atoms with Gasteiger partial charge >= 0.3 is 0 Å². The van der Waals surface area contributed by atoms with Crippen LogP contribution in [0.15, 0.2) is 46.5 Å². The molecular weight excluding hydrogens is 252 g/mol. The van der Waals surface area contributed by atoms with Gasteiger partial charge in [-0.3, -0.25) is 4.98 Å². The molecule has 0 amide bonds. The number of aryl methyl sites for hydroxylation is 1. The van der Waals surface area contributed by atoms with E-state index in [1.807, 2.05) is 31.3 Å². The zero-order chi connectivity index (χ0) is 13.7. The summed E-state index contributed by atoms with van der Waals surface area (Å²) in [5.41, 5.74) is 2.12. The Balaban J connectivity index is 2.11. The molecule has 0 aliphatic rings. The van der Waals surface area contributed by atoms with Gasteiger partial charge < -0.3 is 0 Å². The van der Waals surface area contributed by atoms with Crippen molar-refractivity contribution in [2.24, 2.45) is 5.92 Å². The van der Waals surface area contributed by atoms with Crippen LogP contribution in [0.1, 0.15) is 31.7 Å². The lowest BCUT2D eigenvalue weighted by Crippen LogP contribution is -2.03. The smallest absolute Gasteiger partial charge is 0.122 e. The van der Waals surface area contributed by atoms with Crippen molar-refractivity contribution in [3.05, 3.63) is 47.9 Å². The van der Waals surface area contributed by atoms with E-state index in [-0.39, 0.29) is 0 Å². The van der Waals surface area contributed by atoms with Gasteiger partial charge in [0.25, 0.3) is 0 Å². The van der Waals surface area contributed by atoms with Gasteiger partial charge in [-0.25, -0.2) is 4.98 Å². The van der Waals surface area contributed by atoms with Crippen molar-refractivity contribution in [1.82, 2.24) is 9.97 Å². The fourth-order valence-electron chi connectivity index (χ4n) is 1.82. The van der Waals surface area contributed by atoms with E-state index in [2.05, 4.69) is 35.9 Å². The van der Waals surface area contributed by atoms with Crippen LogP contribution in [0.5, 0.6) is 0 Å². The van der Waals surface area contributed by atoms with Gasteiger partial charge in [0.1, 0.15) is 5.03 Å². The molecular formula is C16H20N2S. The van der Waals surface area contributed by atoms with Gasteiger partial charge in [-0.1, -0.05) is 50.2 Å². The average molecular weight is 272 g/mol.